The van der Waals surface area contributed by atoms with Crippen LogP contribution in [0, 0.1) is 0 Å². The van der Waals surface area contributed by atoms with Crippen molar-refractivity contribution in [3.63, 3.8) is 0 Å². The smallest absolute Gasteiger partial charge is 0.101 e. The van der Waals surface area contributed by atoms with Gasteiger partial charge in [0, 0.05) is 25.5 Å². The van der Waals surface area contributed by atoms with E-state index in [0.717, 1.165) is 6.54 Å². The molecular weight excluding hydrogens is 388 g/mol. The summed E-state index contributed by atoms with van der Waals surface area (Å²) in [6.07, 6.45) is 29.1. The molecule has 1 atom stereocenters. The average Bonchev–Trinajstić information content (AvgIpc) is 3.19. The Morgan fingerprint density at radius 1 is 0.562 bits per heavy atom. The Hall–Kier alpha value is -1.44. The van der Waals surface area contributed by atoms with Gasteiger partial charge in [0.15, 0.2) is 0 Å². The minimum absolute atomic E-state index is 0.555. The minimum Gasteiger partial charge on any atom is -0.356 e. The summed E-state index contributed by atoms with van der Waals surface area (Å²) in [4.78, 5) is 5.18. The van der Waals surface area contributed by atoms with E-state index in [1.165, 1.54) is 121 Å². The Bertz CT molecular complexity index is 567. The predicted molar refractivity (Wildman–Crippen MR) is 141 cm³/mol. The molecule has 1 aromatic rings. The van der Waals surface area contributed by atoms with Crippen molar-refractivity contribution in [3.8, 4) is 0 Å². The third-order valence-electron chi connectivity index (χ3n) is 7.01. The van der Waals surface area contributed by atoms with E-state index in [0.29, 0.717) is 6.17 Å². The molecule has 0 fully saturated rings. The van der Waals surface area contributed by atoms with Crippen molar-refractivity contribution >= 4 is 0 Å². The van der Waals surface area contributed by atoms with Crippen LogP contribution in [0.1, 0.15) is 129 Å². The second kappa shape index (κ2) is 18.0. The molecule has 0 amide bonds. The molecule has 0 bridgehead atoms. The lowest BCUT2D eigenvalue weighted by molar-refractivity contribution is 0.132. The number of benzene rings is 1. The van der Waals surface area contributed by atoms with Crippen LogP contribution in [-0.2, 0) is 6.54 Å². The molecule has 2 rings (SSSR count). The summed E-state index contributed by atoms with van der Waals surface area (Å²) in [5.74, 6) is 0. The molecular formula is C30H52N2. The van der Waals surface area contributed by atoms with Crippen molar-refractivity contribution < 1.29 is 0 Å². The van der Waals surface area contributed by atoms with Crippen LogP contribution in [0.3, 0.4) is 0 Å². The van der Waals surface area contributed by atoms with Gasteiger partial charge in [0.2, 0.25) is 0 Å². The van der Waals surface area contributed by atoms with Crippen LogP contribution >= 0.6 is 0 Å². The van der Waals surface area contributed by atoms with E-state index in [2.05, 4.69) is 66.4 Å². The second-order valence-corrected chi connectivity index (χ2v) is 9.91. The Morgan fingerprint density at radius 2 is 1.06 bits per heavy atom. The van der Waals surface area contributed by atoms with Crippen LogP contribution in [0.5, 0.6) is 0 Å². The molecule has 1 heterocycles. The van der Waals surface area contributed by atoms with Gasteiger partial charge >= 0.3 is 0 Å². The fourth-order valence-electron chi connectivity index (χ4n) is 4.96. The fraction of sp³-hybridized carbons (Fsp3) is 0.733. The topological polar surface area (TPSA) is 6.48 Å². The first kappa shape index (κ1) is 26.8. The van der Waals surface area contributed by atoms with Crippen molar-refractivity contribution in [3.05, 3.63) is 48.3 Å². The molecule has 0 radical (unpaired) electrons. The molecule has 0 N–H and O–H groups in total. The molecule has 182 valence electrons. The highest BCUT2D eigenvalue weighted by Crippen LogP contribution is 2.24. The fourth-order valence-corrected chi connectivity index (χ4v) is 4.96. The van der Waals surface area contributed by atoms with E-state index in [9.17, 15) is 0 Å². The quantitative estimate of drug-likeness (QED) is 0.186. The van der Waals surface area contributed by atoms with E-state index >= 15 is 0 Å². The van der Waals surface area contributed by atoms with Crippen molar-refractivity contribution in [1.82, 2.24) is 9.80 Å². The molecule has 0 aliphatic carbocycles. The van der Waals surface area contributed by atoms with Crippen LogP contribution in [0.25, 0.3) is 0 Å². The van der Waals surface area contributed by atoms with Crippen LogP contribution in [-0.4, -0.2) is 22.5 Å². The number of unbranched alkanes of at least 4 members (excludes halogenated alkanes) is 14. The van der Waals surface area contributed by atoms with Gasteiger partial charge in [-0.1, -0.05) is 134 Å². The van der Waals surface area contributed by atoms with Crippen molar-refractivity contribution in [2.75, 3.05) is 6.54 Å². The number of rotatable bonds is 20. The molecule has 2 heteroatoms. The second-order valence-electron chi connectivity index (χ2n) is 9.91. The van der Waals surface area contributed by atoms with Gasteiger partial charge in [0.05, 0.1) is 0 Å². The summed E-state index contributed by atoms with van der Waals surface area (Å²) in [7, 11) is 0. The van der Waals surface area contributed by atoms with Gasteiger partial charge in [-0.25, -0.2) is 0 Å². The summed E-state index contributed by atoms with van der Waals surface area (Å²) in [5.41, 5.74) is 1.42. The van der Waals surface area contributed by atoms with Crippen molar-refractivity contribution in [2.24, 2.45) is 0 Å². The highest BCUT2D eigenvalue weighted by atomic mass is 15.4. The average molecular weight is 441 g/mol. The summed E-state index contributed by atoms with van der Waals surface area (Å²) in [6.45, 7) is 6.84. The molecule has 1 aromatic carbocycles. The number of nitrogens with zero attached hydrogens (tertiary/aromatic N) is 2. The van der Waals surface area contributed by atoms with Gasteiger partial charge in [-0.15, -0.1) is 0 Å². The van der Waals surface area contributed by atoms with E-state index in [1.807, 2.05) is 0 Å². The van der Waals surface area contributed by atoms with Gasteiger partial charge in [-0.05, 0) is 24.8 Å². The van der Waals surface area contributed by atoms with E-state index in [-0.39, 0.29) is 0 Å². The first-order valence-corrected chi connectivity index (χ1v) is 14.1. The molecule has 0 saturated carbocycles. The monoisotopic (exact) mass is 440 g/mol. The third kappa shape index (κ3) is 11.4. The molecule has 2 nitrogen and oxygen atoms in total. The van der Waals surface area contributed by atoms with Crippen LogP contribution in [0.15, 0.2) is 42.7 Å². The normalized spacial score (nSPS) is 15.8. The minimum atomic E-state index is 0.555. The SMILES string of the molecule is CCCCCCCCCCCCCCCC1N(CCCCC)C=CN1Cc1ccccc1. The zero-order valence-electron chi connectivity index (χ0n) is 21.4. The molecule has 0 spiro atoms. The Balaban J connectivity index is 1.59. The molecule has 0 aromatic heterocycles. The van der Waals surface area contributed by atoms with Crippen molar-refractivity contribution in [1.29, 1.82) is 0 Å². The predicted octanol–water partition coefficient (Wildman–Crippen LogP) is 9.27. The summed E-state index contributed by atoms with van der Waals surface area (Å²) >= 11 is 0. The van der Waals surface area contributed by atoms with E-state index < -0.39 is 0 Å². The maximum absolute atomic E-state index is 2.61. The standard InChI is InChI=1S/C30H52N2/c1-3-5-7-8-9-10-11-12-13-14-15-16-20-24-30-31(25-21-6-4-2)26-27-32(30)28-29-22-18-17-19-23-29/h17-19,22-23,26-27,30H,3-16,20-21,24-25,28H2,1-2H3. The first-order valence-electron chi connectivity index (χ1n) is 14.1. The molecule has 1 aliphatic rings. The van der Waals surface area contributed by atoms with Gasteiger partial charge < -0.3 is 9.80 Å². The Labute approximate surface area is 200 Å². The highest BCUT2D eigenvalue weighted by Gasteiger charge is 2.25. The third-order valence-corrected chi connectivity index (χ3v) is 7.01. The van der Waals surface area contributed by atoms with Gasteiger partial charge in [-0.2, -0.15) is 0 Å². The molecule has 32 heavy (non-hydrogen) atoms. The van der Waals surface area contributed by atoms with Gasteiger partial charge in [0.25, 0.3) is 0 Å². The first-order chi connectivity index (χ1) is 15.8. The lowest BCUT2D eigenvalue weighted by Crippen LogP contribution is -2.38. The van der Waals surface area contributed by atoms with Gasteiger partial charge in [0.1, 0.15) is 6.17 Å². The highest BCUT2D eigenvalue weighted by molar-refractivity contribution is 5.15. The molecule has 0 saturated heterocycles. The Kier molecular flexibility index (Phi) is 15.1. The summed E-state index contributed by atoms with van der Waals surface area (Å²) < 4.78 is 0. The summed E-state index contributed by atoms with van der Waals surface area (Å²) in [6, 6.07) is 11.0. The largest absolute Gasteiger partial charge is 0.356 e. The van der Waals surface area contributed by atoms with E-state index in [1.54, 1.807) is 0 Å². The molecule has 1 aliphatic heterocycles. The maximum atomic E-state index is 2.61. The molecule has 1 unspecified atom stereocenters. The van der Waals surface area contributed by atoms with Crippen molar-refractivity contribution in [2.45, 2.75) is 136 Å². The van der Waals surface area contributed by atoms with E-state index in [4.69, 9.17) is 0 Å². The summed E-state index contributed by atoms with van der Waals surface area (Å²) in [5, 5.41) is 0. The lowest BCUT2D eigenvalue weighted by Gasteiger charge is -2.33. The maximum Gasteiger partial charge on any atom is 0.101 e. The van der Waals surface area contributed by atoms with Crippen LogP contribution < -0.4 is 0 Å². The number of hydrogen-bond donors (Lipinski definition) is 0. The Morgan fingerprint density at radius 3 is 1.66 bits per heavy atom. The lowest BCUT2D eigenvalue weighted by atomic mass is 10.0. The van der Waals surface area contributed by atoms with Gasteiger partial charge in [-0.3, -0.25) is 0 Å². The zero-order chi connectivity index (χ0) is 22.7. The number of hydrogen-bond acceptors (Lipinski definition) is 2. The van der Waals surface area contributed by atoms with Crippen LogP contribution in [0.2, 0.25) is 0 Å². The van der Waals surface area contributed by atoms with Crippen LogP contribution in [0.4, 0.5) is 0 Å². The zero-order valence-corrected chi connectivity index (χ0v) is 21.4.